The molecule has 1 N–H and O–H groups in total. The number of aromatic nitrogens is 1. The summed E-state index contributed by atoms with van der Waals surface area (Å²) in [6.07, 6.45) is 4.08. The SMILES string of the molecule is Cc1cccc(NC(=O)CSc2nc(N3CCOCC3)c3c(c2C#N)CCCC3)c1. The number of nitrogens with one attached hydrogen (secondary N) is 1. The van der Waals surface area contributed by atoms with Crippen LogP contribution in [0.25, 0.3) is 0 Å². The highest BCUT2D eigenvalue weighted by Gasteiger charge is 2.26. The van der Waals surface area contributed by atoms with Crippen molar-refractivity contribution < 1.29 is 9.53 Å². The standard InChI is InChI=1S/C23H26N4O2S/c1-16-5-4-6-17(13-16)25-21(28)15-30-23-20(14-24)18-7-2-3-8-19(18)22(26-23)27-9-11-29-12-10-27/h4-6,13H,2-3,7-12,15H2,1H3,(H,25,28). The number of fused-ring (bicyclic) bond motifs is 1. The van der Waals surface area contributed by atoms with E-state index >= 15 is 0 Å². The van der Waals surface area contributed by atoms with Gasteiger partial charge in [-0.05, 0) is 61.4 Å². The molecule has 0 saturated carbocycles. The predicted octanol–water partition coefficient (Wildman–Crippen LogP) is 3.71. The lowest BCUT2D eigenvalue weighted by molar-refractivity contribution is -0.113. The van der Waals surface area contributed by atoms with Gasteiger partial charge in [0.05, 0.1) is 24.5 Å². The third-order valence-corrected chi connectivity index (χ3v) is 6.50. The van der Waals surface area contributed by atoms with Crippen molar-refractivity contribution in [2.45, 2.75) is 37.6 Å². The van der Waals surface area contributed by atoms with Crippen LogP contribution in [0.3, 0.4) is 0 Å². The van der Waals surface area contributed by atoms with E-state index in [-0.39, 0.29) is 11.7 Å². The van der Waals surface area contributed by atoms with Crippen molar-refractivity contribution in [2.75, 3.05) is 42.3 Å². The van der Waals surface area contributed by atoms with Crippen LogP contribution < -0.4 is 10.2 Å². The van der Waals surface area contributed by atoms with Crippen LogP contribution in [0.2, 0.25) is 0 Å². The number of carbonyl (C=O) groups excluding carboxylic acids is 1. The number of nitrogens with zero attached hydrogens (tertiary/aromatic N) is 3. The molecule has 0 spiro atoms. The molecule has 2 heterocycles. The van der Waals surface area contributed by atoms with Gasteiger partial charge in [0.25, 0.3) is 0 Å². The number of rotatable bonds is 5. The number of hydrogen-bond donors (Lipinski definition) is 1. The van der Waals surface area contributed by atoms with Gasteiger partial charge in [-0.2, -0.15) is 5.26 Å². The largest absolute Gasteiger partial charge is 0.378 e. The van der Waals surface area contributed by atoms with Gasteiger partial charge in [0, 0.05) is 18.8 Å². The van der Waals surface area contributed by atoms with Crippen LogP contribution in [0, 0.1) is 18.3 Å². The molecule has 1 aromatic carbocycles. The van der Waals surface area contributed by atoms with E-state index in [4.69, 9.17) is 9.72 Å². The molecule has 0 radical (unpaired) electrons. The molecule has 1 aliphatic heterocycles. The minimum Gasteiger partial charge on any atom is -0.378 e. The Morgan fingerprint density at radius 3 is 2.77 bits per heavy atom. The molecule has 0 bridgehead atoms. The first kappa shape index (κ1) is 20.7. The molecule has 1 amide bonds. The molecular weight excluding hydrogens is 396 g/mol. The maximum atomic E-state index is 12.5. The third kappa shape index (κ3) is 4.61. The van der Waals surface area contributed by atoms with Gasteiger partial charge in [0.15, 0.2) is 0 Å². The Morgan fingerprint density at radius 2 is 2.03 bits per heavy atom. The van der Waals surface area contributed by atoms with Crippen molar-refractivity contribution >= 4 is 29.2 Å². The van der Waals surface area contributed by atoms with Gasteiger partial charge in [-0.3, -0.25) is 4.79 Å². The highest BCUT2D eigenvalue weighted by atomic mass is 32.2. The summed E-state index contributed by atoms with van der Waals surface area (Å²) in [6, 6.07) is 10.1. The van der Waals surface area contributed by atoms with Gasteiger partial charge in [-0.15, -0.1) is 0 Å². The first-order valence-corrected chi connectivity index (χ1v) is 11.4. The number of nitriles is 1. The molecule has 2 aliphatic rings. The van der Waals surface area contributed by atoms with Gasteiger partial charge < -0.3 is 15.0 Å². The number of benzene rings is 1. The fraction of sp³-hybridized carbons (Fsp3) is 0.435. The van der Waals surface area contributed by atoms with Crippen LogP contribution in [0.5, 0.6) is 0 Å². The van der Waals surface area contributed by atoms with E-state index in [0.29, 0.717) is 23.8 Å². The molecule has 0 atom stereocenters. The Morgan fingerprint density at radius 1 is 1.27 bits per heavy atom. The zero-order chi connectivity index (χ0) is 20.9. The molecule has 30 heavy (non-hydrogen) atoms. The molecule has 4 rings (SSSR count). The lowest BCUT2D eigenvalue weighted by Crippen LogP contribution is -2.38. The van der Waals surface area contributed by atoms with Gasteiger partial charge in [-0.25, -0.2) is 4.98 Å². The number of anilines is 2. The second-order valence-electron chi connectivity index (χ2n) is 7.70. The quantitative estimate of drug-likeness (QED) is 0.740. The average molecular weight is 423 g/mol. The second-order valence-corrected chi connectivity index (χ2v) is 8.66. The molecule has 1 aliphatic carbocycles. The Bertz CT molecular complexity index is 980. The molecule has 2 aromatic rings. The Labute approximate surface area is 181 Å². The molecule has 156 valence electrons. The van der Waals surface area contributed by atoms with Crippen LogP contribution in [-0.2, 0) is 22.4 Å². The molecular formula is C23H26N4O2S. The van der Waals surface area contributed by atoms with Crippen molar-refractivity contribution in [3.05, 3.63) is 46.5 Å². The topological polar surface area (TPSA) is 78.2 Å². The average Bonchev–Trinajstić information content (AvgIpc) is 2.77. The minimum absolute atomic E-state index is 0.0954. The number of amides is 1. The van der Waals surface area contributed by atoms with Crippen LogP contribution >= 0.6 is 11.8 Å². The van der Waals surface area contributed by atoms with E-state index < -0.39 is 0 Å². The molecule has 6 nitrogen and oxygen atoms in total. The van der Waals surface area contributed by atoms with Crippen molar-refractivity contribution in [2.24, 2.45) is 0 Å². The normalized spacial score (nSPS) is 15.9. The van der Waals surface area contributed by atoms with Gasteiger partial charge >= 0.3 is 0 Å². The molecule has 7 heteroatoms. The summed E-state index contributed by atoms with van der Waals surface area (Å²) >= 11 is 1.35. The van der Waals surface area contributed by atoms with Gasteiger partial charge in [-0.1, -0.05) is 23.9 Å². The second kappa shape index (κ2) is 9.50. The summed E-state index contributed by atoms with van der Waals surface area (Å²) in [5.41, 5.74) is 4.87. The van der Waals surface area contributed by atoms with Gasteiger partial charge in [0.2, 0.25) is 5.91 Å². The van der Waals surface area contributed by atoms with E-state index in [1.807, 2.05) is 31.2 Å². The number of morpholine rings is 1. The van der Waals surface area contributed by atoms with E-state index in [0.717, 1.165) is 61.4 Å². The molecule has 1 aromatic heterocycles. The first-order valence-electron chi connectivity index (χ1n) is 10.4. The van der Waals surface area contributed by atoms with Crippen LogP contribution in [0.4, 0.5) is 11.5 Å². The Balaban J connectivity index is 1.57. The highest BCUT2D eigenvalue weighted by molar-refractivity contribution is 8.00. The van der Waals surface area contributed by atoms with Crippen molar-refractivity contribution in [3.8, 4) is 6.07 Å². The van der Waals surface area contributed by atoms with Crippen LogP contribution in [-0.4, -0.2) is 42.9 Å². The van der Waals surface area contributed by atoms with E-state index in [1.165, 1.54) is 17.3 Å². The first-order chi connectivity index (χ1) is 14.7. The number of hydrogen-bond acceptors (Lipinski definition) is 6. The fourth-order valence-electron chi connectivity index (χ4n) is 4.09. The Kier molecular flexibility index (Phi) is 6.56. The Hall–Kier alpha value is -2.56. The molecule has 1 saturated heterocycles. The van der Waals surface area contributed by atoms with Crippen molar-refractivity contribution in [1.82, 2.24) is 4.98 Å². The van der Waals surface area contributed by atoms with Gasteiger partial charge in [0.1, 0.15) is 16.9 Å². The van der Waals surface area contributed by atoms with Crippen molar-refractivity contribution in [1.29, 1.82) is 5.26 Å². The number of pyridine rings is 1. The zero-order valence-electron chi connectivity index (χ0n) is 17.2. The molecule has 0 unspecified atom stereocenters. The van der Waals surface area contributed by atoms with E-state index in [9.17, 15) is 10.1 Å². The third-order valence-electron chi connectivity index (χ3n) is 5.53. The number of thioether (sulfide) groups is 1. The summed E-state index contributed by atoms with van der Waals surface area (Å²) in [6.45, 7) is 5.00. The van der Waals surface area contributed by atoms with Crippen LogP contribution in [0.1, 0.15) is 35.1 Å². The summed E-state index contributed by atoms with van der Waals surface area (Å²) < 4.78 is 5.50. The highest BCUT2D eigenvalue weighted by Crippen LogP contribution is 2.36. The monoisotopic (exact) mass is 422 g/mol. The summed E-state index contributed by atoms with van der Waals surface area (Å²) in [5, 5.41) is 13.5. The number of aryl methyl sites for hydroxylation is 1. The number of ether oxygens (including phenoxy) is 1. The predicted molar refractivity (Wildman–Crippen MR) is 119 cm³/mol. The molecule has 1 fully saturated rings. The van der Waals surface area contributed by atoms with E-state index in [2.05, 4.69) is 16.3 Å². The summed E-state index contributed by atoms with van der Waals surface area (Å²) in [4.78, 5) is 19.7. The number of carbonyl (C=O) groups is 1. The summed E-state index contributed by atoms with van der Waals surface area (Å²) in [7, 11) is 0. The van der Waals surface area contributed by atoms with Crippen molar-refractivity contribution in [3.63, 3.8) is 0 Å². The fourth-order valence-corrected chi connectivity index (χ4v) is 4.89. The maximum Gasteiger partial charge on any atom is 0.234 e. The summed E-state index contributed by atoms with van der Waals surface area (Å²) in [5.74, 6) is 1.10. The van der Waals surface area contributed by atoms with E-state index in [1.54, 1.807) is 0 Å². The smallest absolute Gasteiger partial charge is 0.234 e. The zero-order valence-corrected chi connectivity index (χ0v) is 18.1. The minimum atomic E-state index is -0.0954. The van der Waals surface area contributed by atoms with Crippen LogP contribution in [0.15, 0.2) is 29.3 Å². The lowest BCUT2D eigenvalue weighted by atomic mass is 9.89. The lowest BCUT2D eigenvalue weighted by Gasteiger charge is -2.32. The maximum absolute atomic E-state index is 12.5.